The van der Waals surface area contributed by atoms with Crippen molar-refractivity contribution < 1.29 is 5.11 Å². The number of benzene rings is 1. The third kappa shape index (κ3) is 2.10. The maximum atomic E-state index is 9.78. The van der Waals surface area contributed by atoms with Crippen LogP contribution in [0.3, 0.4) is 0 Å². The number of hydrogen-bond donors (Lipinski definition) is 2. The van der Waals surface area contributed by atoms with Crippen LogP contribution in [0.1, 0.15) is 12.0 Å². The molecule has 0 aliphatic rings. The molecule has 86 valence electrons. The van der Waals surface area contributed by atoms with E-state index in [1.54, 1.807) is 0 Å². The van der Waals surface area contributed by atoms with Gasteiger partial charge in [-0.15, -0.1) is 0 Å². The molecule has 2 aromatic rings. The molecule has 0 saturated carbocycles. The first-order chi connectivity index (χ1) is 7.72. The fourth-order valence-corrected chi connectivity index (χ4v) is 2.14. The normalized spacial score (nSPS) is 13.2. The highest BCUT2D eigenvalue weighted by Crippen LogP contribution is 2.21. The summed E-state index contributed by atoms with van der Waals surface area (Å²) in [4.78, 5) is 0. The van der Waals surface area contributed by atoms with E-state index in [9.17, 15) is 5.11 Å². The number of fused-ring (bicyclic) bond motifs is 1. The van der Waals surface area contributed by atoms with Gasteiger partial charge in [0.05, 0.1) is 6.10 Å². The minimum Gasteiger partial charge on any atom is -0.393 e. The van der Waals surface area contributed by atoms with Gasteiger partial charge in [-0.25, -0.2) is 0 Å². The van der Waals surface area contributed by atoms with Crippen molar-refractivity contribution in [1.29, 1.82) is 0 Å². The number of rotatable bonds is 4. The summed E-state index contributed by atoms with van der Waals surface area (Å²) in [6, 6.07) is 8.25. The maximum Gasteiger partial charge on any atom is 0.0593 e. The molecule has 0 radical (unpaired) electrons. The third-order valence-electron chi connectivity index (χ3n) is 2.93. The fourth-order valence-electron chi connectivity index (χ4n) is 2.14. The smallest absolute Gasteiger partial charge is 0.0593 e. The van der Waals surface area contributed by atoms with E-state index in [0.29, 0.717) is 19.4 Å². The average Bonchev–Trinajstić information content (AvgIpc) is 2.57. The van der Waals surface area contributed by atoms with Gasteiger partial charge in [-0.05, 0) is 24.6 Å². The number of aliphatic hydroxyl groups is 1. The minimum absolute atomic E-state index is 0.337. The molecule has 0 spiro atoms. The SMILES string of the molecule is Cn1cc(CC(O)CCN)c2ccccc21. The molecule has 0 aliphatic carbocycles. The lowest BCUT2D eigenvalue weighted by molar-refractivity contribution is 0.168. The van der Waals surface area contributed by atoms with Crippen molar-refractivity contribution in [3.05, 3.63) is 36.0 Å². The second-order valence-corrected chi connectivity index (χ2v) is 4.22. The number of nitrogens with two attached hydrogens (primary N) is 1. The molecule has 0 amide bonds. The molecule has 0 aliphatic heterocycles. The van der Waals surface area contributed by atoms with Crippen LogP contribution in [0.25, 0.3) is 10.9 Å². The van der Waals surface area contributed by atoms with E-state index in [4.69, 9.17) is 5.73 Å². The van der Waals surface area contributed by atoms with E-state index in [-0.39, 0.29) is 6.10 Å². The summed E-state index contributed by atoms with van der Waals surface area (Å²) in [6.45, 7) is 0.534. The first-order valence-electron chi connectivity index (χ1n) is 5.63. The van der Waals surface area contributed by atoms with Crippen LogP contribution in [0.5, 0.6) is 0 Å². The van der Waals surface area contributed by atoms with Crippen molar-refractivity contribution in [2.24, 2.45) is 12.8 Å². The van der Waals surface area contributed by atoms with Gasteiger partial charge in [-0.3, -0.25) is 0 Å². The number of hydrogen-bond acceptors (Lipinski definition) is 2. The summed E-state index contributed by atoms with van der Waals surface area (Å²) < 4.78 is 2.10. The quantitative estimate of drug-likeness (QED) is 0.815. The predicted octanol–water partition coefficient (Wildman–Crippen LogP) is 1.43. The molecule has 0 fully saturated rings. The molecular formula is C13H18N2O. The van der Waals surface area contributed by atoms with Gasteiger partial charge in [0.1, 0.15) is 0 Å². The summed E-state index contributed by atoms with van der Waals surface area (Å²) in [7, 11) is 2.03. The lowest BCUT2D eigenvalue weighted by Crippen LogP contribution is -2.15. The van der Waals surface area contributed by atoms with Crippen LogP contribution < -0.4 is 5.73 Å². The van der Waals surface area contributed by atoms with Crippen LogP contribution in [0.2, 0.25) is 0 Å². The zero-order chi connectivity index (χ0) is 11.5. The summed E-state index contributed by atoms with van der Waals surface area (Å²) in [5, 5.41) is 11.0. The highest BCUT2D eigenvalue weighted by atomic mass is 16.3. The fraction of sp³-hybridized carbons (Fsp3) is 0.385. The molecule has 1 aromatic heterocycles. The molecule has 3 heteroatoms. The zero-order valence-corrected chi connectivity index (χ0v) is 9.56. The monoisotopic (exact) mass is 218 g/mol. The summed E-state index contributed by atoms with van der Waals surface area (Å²) in [5.41, 5.74) is 7.84. The maximum absolute atomic E-state index is 9.78. The molecule has 3 nitrogen and oxygen atoms in total. The van der Waals surface area contributed by atoms with Gasteiger partial charge in [0, 0.05) is 30.6 Å². The Morgan fingerprint density at radius 1 is 1.38 bits per heavy atom. The van der Waals surface area contributed by atoms with Crippen LogP contribution in [0, 0.1) is 0 Å². The molecule has 3 N–H and O–H groups in total. The molecule has 2 rings (SSSR count). The Morgan fingerprint density at radius 3 is 2.88 bits per heavy atom. The second-order valence-electron chi connectivity index (χ2n) is 4.22. The molecule has 16 heavy (non-hydrogen) atoms. The van der Waals surface area contributed by atoms with Crippen LogP contribution in [-0.4, -0.2) is 22.3 Å². The van der Waals surface area contributed by atoms with E-state index in [1.807, 2.05) is 19.2 Å². The Hall–Kier alpha value is -1.32. The van der Waals surface area contributed by atoms with Crippen LogP contribution in [-0.2, 0) is 13.5 Å². The van der Waals surface area contributed by atoms with Gasteiger partial charge in [-0.2, -0.15) is 0 Å². The Morgan fingerprint density at radius 2 is 2.12 bits per heavy atom. The summed E-state index contributed by atoms with van der Waals surface area (Å²) in [6.07, 6.45) is 3.09. The summed E-state index contributed by atoms with van der Waals surface area (Å²) >= 11 is 0. The van der Waals surface area contributed by atoms with Crippen LogP contribution in [0.4, 0.5) is 0 Å². The van der Waals surface area contributed by atoms with Gasteiger partial charge in [0.15, 0.2) is 0 Å². The van der Waals surface area contributed by atoms with Crippen molar-refractivity contribution >= 4 is 10.9 Å². The molecular weight excluding hydrogens is 200 g/mol. The highest BCUT2D eigenvalue weighted by molar-refractivity contribution is 5.83. The number of aliphatic hydroxyl groups excluding tert-OH is 1. The van der Waals surface area contributed by atoms with Gasteiger partial charge in [0.25, 0.3) is 0 Å². The van der Waals surface area contributed by atoms with Crippen LogP contribution >= 0.6 is 0 Å². The highest BCUT2D eigenvalue weighted by Gasteiger charge is 2.10. The number of aromatic nitrogens is 1. The lowest BCUT2D eigenvalue weighted by atomic mass is 10.1. The van der Waals surface area contributed by atoms with E-state index >= 15 is 0 Å². The summed E-state index contributed by atoms with van der Waals surface area (Å²) in [5.74, 6) is 0. The topological polar surface area (TPSA) is 51.2 Å². The first kappa shape index (κ1) is 11.2. The molecule has 0 saturated heterocycles. The van der Waals surface area contributed by atoms with Gasteiger partial charge in [0.2, 0.25) is 0 Å². The Balaban J connectivity index is 2.31. The first-order valence-corrected chi connectivity index (χ1v) is 5.63. The number of nitrogens with zero attached hydrogens (tertiary/aromatic N) is 1. The van der Waals surface area contributed by atoms with E-state index < -0.39 is 0 Å². The van der Waals surface area contributed by atoms with E-state index in [1.165, 1.54) is 16.5 Å². The Kier molecular flexibility index (Phi) is 3.27. The lowest BCUT2D eigenvalue weighted by Gasteiger charge is -2.07. The van der Waals surface area contributed by atoms with Crippen LogP contribution in [0.15, 0.2) is 30.5 Å². The predicted molar refractivity (Wildman–Crippen MR) is 66.3 cm³/mol. The zero-order valence-electron chi connectivity index (χ0n) is 9.56. The van der Waals surface area contributed by atoms with Crippen molar-refractivity contribution in [2.45, 2.75) is 18.9 Å². The molecule has 1 atom stereocenters. The molecule has 1 unspecified atom stereocenters. The van der Waals surface area contributed by atoms with E-state index in [0.717, 1.165) is 0 Å². The number of aryl methyl sites for hydroxylation is 1. The van der Waals surface area contributed by atoms with Gasteiger partial charge >= 0.3 is 0 Å². The molecule has 1 aromatic carbocycles. The molecule has 0 bridgehead atoms. The minimum atomic E-state index is -0.337. The van der Waals surface area contributed by atoms with Crippen molar-refractivity contribution in [1.82, 2.24) is 4.57 Å². The van der Waals surface area contributed by atoms with Crippen molar-refractivity contribution in [3.8, 4) is 0 Å². The number of para-hydroxylation sites is 1. The second kappa shape index (κ2) is 4.68. The Bertz CT molecular complexity index is 476. The van der Waals surface area contributed by atoms with E-state index in [2.05, 4.69) is 22.9 Å². The van der Waals surface area contributed by atoms with Crippen molar-refractivity contribution in [3.63, 3.8) is 0 Å². The van der Waals surface area contributed by atoms with Gasteiger partial charge in [-0.1, -0.05) is 18.2 Å². The Labute approximate surface area is 95.5 Å². The van der Waals surface area contributed by atoms with Crippen molar-refractivity contribution in [2.75, 3.05) is 6.54 Å². The standard InChI is InChI=1S/C13H18N2O/c1-15-9-10(8-11(16)6-7-14)12-4-2-3-5-13(12)15/h2-5,9,11,16H,6-8,14H2,1H3. The van der Waals surface area contributed by atoms with Gasteiger partial charge < -0.3 is 15.4 Å². The molecule has 1 heterocycles. The third-order valence-corrected chi connectivity index (χ3v) is 2.93. The largest absolute Gasteiger partial charge is 0.393 e. The average molecular weight is 218 g/mol.